The van der Waals surface area contributed by atoms with Crippen LogP contribution in [0.3, 0.4) is 0 Å². The summed E-state index contributed by atoms with van der Waals surface area (Å²) in [5, 5.41) is 12.9. The van der Waals surface area contributed by atoms with Gasteiger partial charge in [-0.15, -0.1) is 0 Å². The third-order valence-electron chi connectivity index (χ3n) is 6.47. The fraction of sp³-hybridized carbons (Fsp3) is 0.320. The summed E-state index contributed by atoms with van der Waals surface area (Å²) in [4.78, 5) is 11.1. The maximum atomic E-state index is 6.46. The van der Waals surface area contributed by atoms with Gasteiger partial charge in [-0.25, -0.2) is 4.98 Å². The van der Waals surface area contributed by atoms with Crippen LogP contribution in [0.4, 0.5) is 5.82 Å². The number of fused-ring (bicyclic) bond motifs is 1. The summed E-state index contributed by atoms with van der Waals surface area (Å²) < 4.78 is 6.22. The van der Waals surface area contributed by atoms with Crippen LogP contribution in [0.2, 0.25) is 10.0 Å². The Morgan fingerprint density at radius 2 is 1.94 bits per heavy atom. The number of likely N-dealkylation sites (N-methyl/N-ethyl adjacent to an activating group) is 1. The first-order valence-corrected chi connectivity index (χ1v) is 11.9. The summed E-state index contributed by atoms with van der Waals surface area (Å²) in [7, 11) is 2.00. The number of aryl methyl sites for hydroxylation is 1. The molecule has 3 aromatic heterocycles. The van der Waals surface area contributed by atoms with Crippen LogP contribution in [0.5, 0.6) is 5.75 Å². The molecule has 34 heavy (non-hydrogen) atoms. The summed E-state index contributed by atoms with van der Waals surface area (Å²) in [5.41, 5.74) is 4.27. The zero-order chi connectivity index (χ0) is 24.0. The van der Waals surface area contributed by atoms with E-state index < -0.39 is 0 Å². The van der Waals surface area contributed by atoms with Gasteiger partial charge >= 0.3 is 0 Å². The number of nitrogens with one attached hydrogen (secondary N) is 2. The van der Waals surface area contributed by atoms with Crippen LogP contribution in [0, 0.1) is 6.92 Å². The molecule has 4 aromatic rings. The van der Waals surface area contributed by atoms with E-state index >= 15 is 0 Å². The molecule has 1 aromatic carbocycles. The van der Waals surface area contributed by atoms with Crippen LogP contribution in [-0.2, 0) is 0 Å². The van der Waals surface area contributed by atoms with Gasteiger partial charge < -0.3 is 15.0 Å². The van der Waals surface area contributed by atoms with Crippen LogP contribution in [-0.4, -0.2) is 45.8 Å². The van der Waals surface area contributed by atoms with Crippen LogP contribution in [0.25, 0.3) is 22.2 Å². The van der Waals surface area contributed by atoms with Crippen molar-refractivity contribution in [1.82, 2.24) is 25.5 Å². The average molecular weight is 497 g/mol. The number of rotatable bonds is 6. The van der Waals surface area contributed by atoms with Crippen LogP contribution < -0.4 is 15.0 Å². The fourth-order valence-corrected chi connectivity index (χ4v) is 4.98. The second-order valence-corrected chi connectivity index (χ2v) is 9.82. The van der Waals surface area contributed by atoms with Gasteiger partial charge in [-0.05, 0) is 58.2 Å². The van der Waals surface area contributed by atoms with Gasteiger partial charge in [0.25, 0.3) is 0 Å². The van der Waals surface area contributed by atoms with Crippen LogP contribution in [0.1, 0.15) is 31.2 Å². The molecule has 7 nitrogen and oxygen atoms in total. The summed E-state index contributed by atoms with van der Waals surface area (Å²) in [5.74, 6) is 1.66. The molecule has 0 amide bonds. The molecule has 0 bridgehead atoms. The van der Waals surface area contributed by atoms with Crippen LogP contribution >= 0.6 is 23.2 Å². The lowest BCUT2D eigenvalue weighted by atomic mass is 9.92. The Kier molecular flexibility index (Phi) is 5.88. The molecule has 9 heteroatoms. The molecule has 2 N–H and O–H groups in total. The number of hydrogen-bond acceptors (Lipinski definition) is 6. The SMILES string of the molecule is CNC1(C)CN(c2ccc(-c3n[nH]c4ccc(O[C@H](C)c5c(Cl)cnc(C)c5Cl)cc34)cn2)C1. The summed E-state index contributed by atoms with van der Waals surface area (Å²) >= 11 is 12.8. The van der Waals surface area contributed by atoms with Gasteiger partial charge in [0.1, 0.15) is 23.4 Å². The van der Waals surface area contributed by atoms with Gasteiger partial charge in [-0.1, -0.05) is 23.2 Å². The number of anilines is 1. The first kappa shape index (κ1) is 22.9. The first-order chi connectivity index (χ1) is 16.3. The molecule has 0 saturated carbocycles. The van der Waals surface area contributed by atoms with Gasteiger partial charge in [0.15, 0.2) is 0 Å². The number of halogens is 2. The Balaban J connectivity index is 1.39. The molecule has 1 atom stereocenters. The Labute approximate surface area is 208 Å². The van der Waals surface area contributed by atoms with Gasteiger partial charge in [-0.3, -0.25) is 10.1 Å². The van der Waals surface area contributed by atoms with Gasteiger partial charge in [0, 0.05) is 42.0 Å². The molecule has 0 radical (unpaired) electrons. The van der Waals surface area contributed by atoms with E-state index in [9.17, 15) is 0 Å². The highest BCUT2D eigenvalue weighted by Crippen LogP contribution is 2.36. The molecular formula is C25H26Cl2N6O. The average Bonchev–Trinajstić information content (AvgIpc) is 3.23. The quantitative estimate of drug-likeness (QED) is 0.363. The Morgan fingerprint density at radius 3 is 2.65 bits per heavy atom. The zero-order valence-electron chi connectivity index (χ0n) is 19.5. The number of H-pyrrole nitrogens is 1. The lowest BCUT2D eigenvalue weighted by Crippen LogP contribution is -2.67. The highest BCUT2D eigenvalue weighted by atomic mass is 35.5. The van der Waals surface area contributed by atoms with E-state index in [1.165, 1.54) is 0 Å². The van der Waals surface area contributed by atoms with E-state index in [4.69, 9.17) is 27.9 Å². The van der Waals surface area contributed by atoms with Crippen LogP contribution in [0.15, 0.2) is 42.7 Å². The number of aromatic amines is 1. The molecule has 4 heterocycles. The maximum Gasteiger partial charge on any atom is 0.128 e. The topological polar surface area (TPSA) is 79.0 Å². The number of ether oxygens (including phenoxy) is 1. The third-order valence-corrected chi connectivity index (χ3v) is 7.24. The van der Waals surface area contributed by atoms with Crippen molar-refractivity contribution in [1.29, 1.82) is 0 Å². The second kappa shape index (κ2) is 8.73. The summed E-state index contributed by atoms with van der Waals surface area (Å²) in [6, 6.07) is 9.93. The van der Waals surface area contributed by atoms with Crippen molar-refractivity contribution in [3.05, 3.63) is 64.0 Å². The smallest absolute Gasteiger partial charge is 0.128 e. The predicted molar refractivity (Wildman–Crippen MR) is 137 cm³/mol. The van der Waals surface area contributed by atoms with E-state index in [-0.39, 0.29) is 11.6 Å². The number of benzene rings is 1. The minimum absolute atomic E-state index is 0.149. The van der Waals surface area contributed by atoms with Gasteiger partial charge in [0.05, 0.1) is 26.8 Å². The van der Waals surface area contributed by atoms with Crippen molar-refractivity contribution in [3.63, 3.8) is 0 Å². The van der Waals surface area contributed by atoms with Crippen molar-refractivity contribution in [2.75, 3.05) is 25.0 Å². The van der Waals surface area contributed by atoms with E-state index in [2.05, 4.69) is 43.4 Å². The molecule has 0 unspecified atom stereocenters. The normalized spacial score (nSPS) is 15.9. The number of pyridine rings is 2. The Hall–Kier alpha value is -2.87. The molecule has 1 aliphatic rings. The second-order valence-electron chi connectivity index (χ2n) is 9.03. The fourth-order valence-electron chi connectivity index (χ4n) is 4.33. The maximum absolute atomic E-state index is 6.46. The standard InChI is InChI=1S/C25H26Cl2N6O/c1-14-23(27)22(19(26)11-29-14)15(2)34-17-6-7-20-18(9-17)24(32-31-20)16-5-8-21(30-10-16)33-12-25(3,13-33)28-4/h5-11,15,28H,12-13H2,1-4H3,(H,31,32)/t15-/m1/s1. The molecule has 0 aliphatic carbocycles. The first-order valence-electron chi connectivity index (χ1n) is 11.1. The molecule has 1 saturated heterocycles. The Morgan fingerprint density at radius 1 is 1.15 bits per heavy atom. The zero-order valence-corrected chi connectivity index (χ0v) is 21.0. The number of aromatic nitrogens is 4. The highest BCUT2D eigenvalue weighted by molar-refractivity contribution is 6.36. The minimum Gasteiger partial charge on any atom is -0.486 e. The largest absolute Gasteiger partial charge is 0.486 e. The lowest BCUT2D eigenvalue weighted by molar-refractivity contribution is 0.227. The molecule has 1 aliphatic heterocycles. The molecule has 5 rings (SSSR count). The molecule has 0 spiro atoms. The number of hydrogen-bond donors (Lipinski definition) is 2. The van der Waals surface area contributed by atoms with Gasteiger partial charge in [-0.2, -0.15) is 5.10 Å². The molecular weight excluding hydrogens is 471 g/mol. The summed E-state index contributed by atoms with van der Waals surface area (Å²) in [6.07, 6.45) is 3.12. The third kappa shape index (κ3) is 4.08. The van der Waals surface area contributed by atoms with Crippen molar-refractivity contribution < 1.29 is 4.74 Å². The van der Waals surface area contributed by atoms with E-state index in [1.54, 1.807) is 6.20 Å². The van der Waals surface area contributed by atoms with E-state index in [1.807, 2.05) is 51.4 Å². The van der Waals surface area contributed by atoms with Gasteiger partial charge in [0.2, 0.25) is 0 Å². The lowest BCUT2D eigenvalue weighted by Gasteiger charge is -2.48. The van der Waals surface area contributed by atoms with E-state index in [0.717, 1.165) is 46.6 Å². The van der Waals surface area contributed by atoms with Crippen molar-refractivity contribution in [3.8, 4) is 17.0 Å². The summed E-state index contributed by atoms with van der Waals surface area (Å²) in [6.45, 7) is 7.85. The predicted octanol–water partition coefficient (Wildman–Crippen LogP) is 5.57. The number of nitrogens with zero attached hydrogens (tertiary/aromatic N) is 4. The molecule has 1 fully saturated rings. The molecule has 176 valence electrons. The van der Waals surface area contributed by atoms with Crippen molar-refractivity contribution in [2.24, 2.45) is 0 Å². The van der Waals surface area contributed by atoms with Crippen molar-refractivity contribution >= 4 is 39.9 Å². The van der Waals surface area contributed by atoms with E-state index in [0.29, 0.717) is 21.5 Å². The highest BCUT2D eigenvalue weighted by Gasteiger charge is 2.37. The van der Waals surface area contributed by atoms with Crippen molar-refractivity contribution in [2.45, 2.75) is 32.4 Å². The minimum atomic E-state index is -0.352. The Bertz CT molecular complexity index is 1350. The monoisotopic (exact) mass is 496 g/mol.